The Balaban J connectivity index is 2.82. The Bertz CT molecular complexity index is 435. The lowest BCUT2D eigenvalue weighted by molar-refractivity contribution is 0.0912. The van der Waals surface area contributed by atoms with E-state index in [0.717, 1.165) is 0 Å². The van der Waals surface area contributed by atoms with Gasteiger partial charge in [-0.05, 0) is 24.5 Å². The van der Waals surface area contributed by atoms with Crippen molar-refractivity contribution in [2.45, 2.75) is 26.3 Å². The number of carbonyl (C=O) groups is 1. The zero-order chi connectivity index (χ0) is 14.4. The van der Waals surface area contributed by atoms with Crippen LogP contribution in [0.4, 0.5) is 4.39 Å². The molecule has 1 aromatic rings. The topological polar surface area (TPSA) is 58.6 Å². The van der Waals surface area contributed by atoms with Gasteiger partial charge in [-0.2, -0.15) is 0 Å². The van der Waals surface area contributed by atoms with Gasteiger partial charge in [-0.15, -0.1) is 0 Å². The highest BCUT2D eigenvalue weighted by atomic mass is 19.1. The Morgan fingerprint density at radius 1 is 1.47 bits per heavy atom. The lowest BCUT2D eigenvalue weighted by Gasteiger charge is -2.21. The van der Waals surface area contributed by atoms with E-state index in [1.54, 1.807) is 0 Å². The number of benzene rings is 1. The van der Waals surface area contributed by atoms with Crippen LogP contribution in [0.25, 0.3) is 0 Å². The third-order valence-corrected chi connectivity index (χ3v) is 2.98. The Morgan fingerprint density at radius 2 is 2.16 bits per heavy atom. The van der Waals surface area contributed by atoms with Gasteiger partial charge < -0.3 is 15.2 Å². The third-order valence-electron chi connectivity index (χ3n) is 2.98. The van der Waals surface area contributed by atoms with Crippen LogP contribution < -0.4 is 10.1 Å². The number of aliphatic hydroxyl groups excluding tert-OH is 1. The fourth-order valence-electron chi connectivity index (χ4n) is 1.76. The first-order valence-corrected chi connectivity index (χ1v) is 6.24. The lowest BCUT2D eigenvalue weighted by atomic mass is 10.0. The molecule has 5 heteroatoms. The Kier molecular flexibility index (Phi) is 5.76. The van der Waals surface area contributed by atoms with Crippen LogP contribution in [0.1, 0.15) is 30.6 Å². The van der Waals surface area contributed by atoms with Crippen LogP contribution in [0.3, 0.4) is 0 Å². The highest BCUT2D eigenvalue weighted by Crippen LogP contribution is 2.17. The Morgan fingerprint density at radius 3 is 2.63 bits per heavy atom. The van der Waals surface area contributed by atoms with Gasteiger partial charge >= 0.3 is 0 Å². The minimum atomic E-state index is -0.622. The molecule has 0 saturated heterocycles. The van der Waals surface area contributed by atoms with Crippen molar-refractivity contribution in [1.29, 1.82) is 0 Å². The molecule has 1 unspecified atom stereocenters. The van der Waals surface area contributed by atoms with Crippen molar-refractivity contribution in [3.63, 3.8) is 0 Å². The van der Waals surface area contributed by atoms with Gasteiger partial charge in [0.1, 0.15) is 11.6 Å². The molecular weight excluding hydrogens is 249 g/mol. The molecule has 0 bridgehead atoms. The molecule has 0 saturated carbocycles. The summed E-state index contributed by atoms with van der Waals surface area (Å²) in [6.45, 7) is 3.85. The molecule has 0 heterocycles. The second-order valence-corrected chi connectivity index (χ2v) is 4.68. The van der Waals surface area contributed by atoms with Crippen molar-refractivity contribution in [3.05, 3.63) is 29.6 Å². The number of methoxy groups -OCH3 is 1. The molecule has 1 rings (SSSR count). The number of hydrogen-bond donors (Lipinski definition) is 2. The van der Waals surface area contributed by atoms with E-state index < -0.39 is 11.7 Å². The summed E-state index contributed by atoms with van der Waals surface area (Å²) in [5.74, 6) is -0.571. The summed E-state index contributed by atoms with van der Waals surface area (Å²) in [5.41, 5.74) is -0.0237. The summed E-state index contributed by atoms with van der Waals surface area (Å²) in [5, 5.41) is 11.7. The van der Waals surface area contributed by atoms with Crippen LogP contribution in [0.15, 0.2) is 18.2 Å². The predicted molar refractivity (Wildman–Crippen MR) is 70.7 cm³/mol. The van der Waals surface area contributed by atoms with Crippen molar-refractivity contribution in [2.24, 2.45) is 5.92 Å². The van der Waals surface area contributed by atoms with E-state index in [4.69, 9.17) is 9.84 Å². The zero-order valence-corrected chi connectivity index (χ0v) is 11.4. The smallest absolute Gasteiger partial charge is 0.254 e. The summed E-state index contributed by atoms with van der Waals surface area (Å²) in [6, 6.07) is 3.92. The van der Waals surface area contributed by atoms with Crippen molar-refractivity contribution in [1.82, 2.24) is 5.32 Å². The minimum Gasteiger partial charge on any atom is -0.497 e. The van der Waals surface area contributed by atoms with Crippen molar-refractivity contribution in [2.75, 3.05) is 13.7 Å². The van der Waals surface area contributed by atoms with E-state index in [1.165, 1.54) is 25.3 Å². The molecule has 1 atom stereocenters. The van der Waals surface area contributed by atoms with Gasteiger partial charge in [0.25, 0.3) is 5.91 Å². The summed E-state index contributed by atoms with van der Waals surface area (Å²) < 4.78 is 18.6. The molecular formula is C14H20FNO3. The molecule has 19 heavy (non-hydrogen) atoms. The number of hydrogen-bond acceptors (Lipinski definition) is 3. The molecule has 0 fully saturated rings. The van der Waals surface area contributed by atoms with E-state index in [2.05, 4.69) is 5.32 Å². The number of carbonyl (C=O) groups excluding carboxylic acids is 1. The molecule has 106 valence electrons. The number of halogens is 1. The van der Waals surface area contributed by atoms with E-state index in [1.807, 2.05) is 13.8 Å². The van der Waals surface area contributed by atoms with Crippen LogP contribution in [0.5, 0.6) is 5.75 Å². The average Bonchev–Trinajstić information content (AvgIpc) is 2.37. The fraction of sp³-hybridized carbons (Fsp3) is 0.500. The quantitative estimate of drug-likeness (QED) is 0.830. The van der Waals surface area contributed by atoms with Gasteiger partial charge in [-0.1, -0.05) is 13.8 Å². The molecule has 4 nitrogen and oxygen atoms in total. The summed E-state index contributed by atoms with van der Waals surface area (Å²) in [7, 11) is 1.44. The molecule has 0 aliphatic carbocycles. The molecule has 0 aromatic heterocycles. The molecule has 2 N–H and O–H groups in total. The van der Waals surface area contributed by atoms with Gasteiger partial charge in [0.2, 0.25) is 0 Å². The molecule has 0 aliphatic heterocycles. The maximum atomic E-state index is 13.7. The first-order valence-electron chi connectivity index (χ1n) is 6.24. The summed E-state index contributed by atoms with van der Waals surface area (Å²) >= 11 is 0. The Labute approximate surface area is 112 Å². The summed E-state index contributed by atoms with van der Waals surface area (Å²) in [6.07, 6.45) is 0.446. The van der Waals surface area contributed by atoms with Crippen molar-refractivity contribution >= 4 is 5.91 Å². The standard InChI is InChI=1S/C14H20FNO3/c1-9(2)13(6-7-17)16-14(18)11-5-4-10(19-3)8-12(11)15/h4-5,8-9,13,17H,6-7H2,1-3H3,(H,16,18). The number of nitrogens with one attached hydrogen (secondary N) is 1. The number of ether oxygens (including phenoxy) is 1. The fourth-order valence-corrected chi connectivity index (χ4v) is 1.76. The third kappa shape index (κ3) is 4.21. The highest BCUT2D eigenvalue weighted by Gasteiger charge is 2.19. The van der Waals surface area contributed by atoms with Crippen LogP contribution in [0.2, 0.25) is 0 Å². The van der Waals surface area contributed by atoms with Crippen LogP contribution in [-0.4, -0.2) is 30.8 Å². The number of rotatable bonds is 6. The number of aliphatic hydroxyl groups is 1. The first-order chi connectivity index (χ1) is 8.99. The zero-order valence-electron chi connectivity index (χ0n) is 11.4. The molecule has 1 amide bonds. The van der Waals surface area contributed by atoms with E-state index in [-0.39, 0.29) is 24.1 Å². The Hall–Kier alpha value is -1.62. The van der Waals surface area contributed by atoms with E-state index in [0.29, 0.717) is 12.2 Å². The second kappa shape index (κ2) is 7.09. The van der Waals surface area contributed by atoms with E-state index >= 15 is 0 Å². The van der Waals surface area contributed by atoms with Crippen LogP contribution in [-0.2, 0) is 0 Å². The van der Waals surface area contributed by atoms with Crippen molar-refractivity contribution < 1.29 is 19.0 Å². The van der Waals surface area contributed by atoms with Gasteiger partial charge in [-0.25, -0.2) is 4.39 Å². The SMILES string of the molecule is COc1ccc(C(=O)NC(CCO)C(C)C)c(F)c1. The monoisotopic (exact) mass is 269 g/mol. The van der Waals surface area contributed by atoms with Gasteiger partial charge in [-0.3, -0.25) is 4.79 Å². The predicted octanol–water partition coefficient (Wildman–Crippen LogP) is 1.97. The molecule has 0 radical (unpaired) electrons. The van der Waals surface area contributed by atoms with Crippen LogP contribution >= 0.6 is 0 Å². The molecule has 0 spiro atoms. The van der Waals surface area contributed by atoms with Gasteiger partial charge in [0.05, 0.1) is 12.7 Å². The molecule has 0 aliphatic rings. The highest BCUT2D eigenvalue weighted by molar-refractivity contribution is 5.94. The molecule has 1 aromatic carbocycles. The minimum absolute atomic E-state index is 0.0196. The maximum absolute atomic E-state index is 13.7. The lowest BCUT2D eigenvalue weighted by Crippen LogP contribution is -2.39. The largest absolute Gasteiger partial charge is 0.497 e. The number of amides is 1. The second-order valence-electron chi connectivity index (χ2n) is 4.68. The normalized spacial score (nSPS) is 12.3. The van der Waals surface area contributed by atoms with Crippen LogP contribution in [0, 0.1) is 11.7 Å². The first kappa shape index (κ1) is 15.4. The maximum Gasteiger partial charge on any atom is 0.254 e. The summed E-state index contributed by atoms with van der Waals surface area (Å²) in [4.78, 5) is 12.0. The average molecular weight is 269 g/mol. The van der Waals surface area contributed by atoms with Gasteiger partial charge in [0, 0.05) is 18.7 Å². The van der Waals surface area contributed by atoms with Gasteiger partial charge in [0.15, 0.2) is 0 Å². The van der Waals surface area contributed by atoms with E-state index in [9.17, 15) is 9.18 Å². The van der Waals surface area contributed by atoms with Crippen molar-refractivity contribution in [3.8, 4) is 5.75 Å².